The molecule has 1 N–H and O–H groups in total. The van der Waals surface area contributed by atoms with E-state index in [9.17, 15) is 14.7 Å². The number of rotatable bonds is 0. The number of halogens is 1. The number of carbonyl (C=O) groups is 2. The summed E-state index contributed by atoms with van der Waals surface area (Å²) in [4.78, 5) is 27.8. The van der Waals surface area contributed by atoms with Crippen LogP contribution in [0.5, 0.6) is 5.75 Å². The number of carbonyl (C=O) groups excluding carboxylic acids is 2. The highest BCUT2D eigenvalue weighted by atomic mass is 127. The number of aromatic hydroxyl groups is 1. The molecule has 0 saturated heterocycles. The van der Waals surface area contributed by atoms with Crippen molar-refractivity contribution in [1.82, 2.24) is 0 Å². The van der Waals surface area contributed by atoms with E-state index in [0.717, 1.165) is 0 Å². The summed E-state index contributed by atoms with van der Waals surface area (Å²) in [6.45, 7) is 0. The molecule has 1 atom stereocenters. The molecule has 0 aliphatic heterocycles. The molecule has 1 unspecified atom stereocenters. The number of hydrogen-bond acceptors (Lipinski definition) is 4. The van der Waals surface area contributed by atoms with Gasteiger partial charge < -0.3 is 5.11 Å². The number of ketones is 2. The molecule has 0 radical (unpaired) electrons. The third-order valence-corrected chi connectivity index (χ3v) is 3.63. The minimum atomic E-state index is -0.615. The van der Waals surface area contributed by atoms with Crippen LogP contribution in [0.15, 0.2) is 23.2 Å². The number of fused-ring (bicyclic) bond motifs is 1. The van der Waals surface area contributed by atoms with Crippen molar-refractivity contribution in [2.75, 3.05) is 7.05 Å². The van der Waals surface area contributed by atoms with E-state index >= 15 is 0 Å². The molecule has 1 aliphatic rings. The fourth-order valence-electron chi connectivity index (χ4n) is 1.71. The van der Waals surface area contributed by atoms with Crippen molar-refractivity contribution in [2.24, 2.45) is 4.99 Å². The SMILES string of the molecule is CN=C1C(=O)c2cccc(O)c2C(=O)C1I. The van der Waals surface area contributed by atoms with Crippen LogP contribution in [0.4, 0.5) is 0 Å². The van der Waals surface area contributed by atoms with Crippen LogP contribution in [-0.2, 0) is 0 Å². The number of phenols is 1. The standard InChI is InChI=1S/C11H8INO3/c1-13-9-8(12)11(16)7-5(10(9)15)3-2-4-6(7)14/h2-4,8,14H,1H3. The van der Waals surface area contributed by atoms with Crippen LogP contribution in [0.1, 0.15) is 20.7 Å². The van der Waals surface area contributed by atoms with Gasteiger partial charge in [0.2, 0.25) is 5.78 Å². The van der Waals surface area contributed by atoms with Gasteiger partial charge in [-0.3, -0.25) is 14.6 Å². The van der Waals surface area contributed by atoms with Crippen LogP contribution >= 0.6 is 22.6 Å². The predicted molar refractivity (Wildman–Crippen MR) is 67.9 cm³/mol. The molecule has 0 spiro atoms. The average Bonchev–Trinajstić information content (AvgIpc) is 2.27. The molecule has 0 amide bonds. The van der Waals surface area contributed by atoms with Gasteiger partial charge in [-0.15, -0.1) is 0 Å². The molecular weight excluding hydrogens is 321 g/mol. The Kier molecular flexibility index (Phi) is 2.79. The Morgan fingerprint density at radius 3 is 2.69 bits per heavy atom. The first-order valence-electron chi connectivity index (χ1n) is 4.59. The maximum Gasteiger partial charge on any atom is 0.209 e. The maximum absolute atomic E-state index is 12.0. The Bertz CT molecular complexity index is 522. The van der Waals surface area contributed by atoms with Crippen molar-refractivity contribution < 1.29 is 14.7 Å². The van der Waals surface area contributed by atoms with Crippen molar-refractivity contribution in [3.63, 3.8) is 0 Å². The zero-order chi connectivity index (χ0) is 11.9. The Labute approximate surface area is 106 Å². The first-order valence-corrected chi connectivity index (χ1v) is 5.84. The van der Waals surface area contributed by atoms with E-state index in [1.54, 1.807) is 6.07 Å². The lowest BCUT2D eigenvalue weighted by Gasteiger charge is -2.20. The van der Waals surface area contributed by atoms with Gasteiger partial charge in [-0.25, -0.2) is 0 Å². The van der Waals surface area contributed by atoms with Crippen LogP contribution in [-0.4, -0.2) is 33.4 Å². The van der Waals surface area contributed by atoms with Crippen molar-refractivity contribution in [2.45, 2.75) is 3.92 Å². The second-order valence-corrected chi connectivity index (χ2v) is 4.61. The third-order valence-electron chi connectivity index (χ3n) is 2.48. The van der Waals surface area contributed by atoms with E-state index < -0.39 is 3.92 Å². The average molecular weight is 329 g/mol. The van der Waals surface area contributed by atoms with Gasteiger partial charge in [0, 0.05) is 12.6 Å². The largest absolute Gasteiger partial charge is 0.507 e. The monoisotopic (exact) mass is 329 g/mol. The fraction of sp³-hybridized carbons (Fsp3) is 0.182. The quantitative estimate of drug-likeness (QED) is 0.581. The van der Waals surface area contributed by atoms with E-state index in [4.69, 9.17) is 0 Å². The highest BCUT2D eigenvalue weighted by Crippen LogP contribution is 2.30. The maximum atomic E-state index is 12.0. The number of phenolic OH excluding ortho intramolecular Hbond substituents is 1. The van der Waals surface area contributed by atoms with Gasteiger partial charge in [0.05, 0.1) is 5.56 Å². The Morgan fingerprint density at radius 1 is 1.38 bits per heavy atom. The van der Waals surface area contributed by atoms with Crippen LogP contribution in [0.25, 0.3) is 0 Å². The Morgan fingerprint density at radius 2 is 2.06 bits per heavy atom. The van der Waals surface area contributed by atoms with E-state index in [1.807, 2.05) is 22.6 Å². The molecule has 0 heterocycles. The summed E-state index contributed by atoms with van der Waals surface area (Å²) in [6, 6.07) is 4.48. The van der Waals surface area contributed by atoms with Gasteiger partial charge in [0.1, 0.15) is 15.4 Å². The minimum absolute atomic E-state index is 0.110. The molecule has 5 heteroatoms. The van der Waals surface area contributed by atoms with Crippen LogP contribution in [0.2, 0.25) is 0 Å². The summed E-state index contributed by atoms with van der Waals surface area (Å²) in [5, 5.41) is 9.61. The molecule has 0 fully saturated rings. The van der Waals surface area contributed by atoms with Gasteiger partial charge >= 0.3 is 0 Å². The number of hydrogen-bond donors (Lipinski definition) is 1. The first kappa shape index (κ1) is 11.3. The zero-order valence-corrected chi connectivity index (χ0v) is 10.6. The number of aliphatic imine (C=N–C) groups is 1. The van der Waals surface area contributed by atoms with Crippen LogP contribution in [0.3, 0.4) is 0 Å². The van der Waals surface area contributed by atoms with Crippen LogP contribution < -0.4 is 0 Å². The number of benzene rings is 1. The van der Waals surface area contributed by atoms with Crippen molar-refractivity contribution in [3.05, 3.63) is 29.3 Å². The van der Waals surface area contributed by atoms with Crippen molar-refractivity contribution >= 4 is 39.9 Å². The zero-order valence-electron chi connectivity index (χ0n) is 8.40. The van der Waals surface area contributed by atoms with Gasteiger partial charge in [-0.2, -0.15) is 0 Å². The van der Waals surface area contributed by atoms with Gasteiger partial charge in [0.15, 0.2) is 5.78 Å². The summed E-state index contributed by atoms with van der Waals surface area (Å²) >= 11 is 1.86. The summed E-state index contributed by atoms with van der Waals surface area (Å²) in [5.74, 6) is -0.700. The highest BCUT2D eigenvalue weighted by Gasteiger charge is 2.37. The molecule has 0 saturated carbocycles. The Balaban J connectivity index is 2.74. The van der Waals surface area contributed by atoms with E-state index in [1.165, 1.54) is 19.2 Å². The molecular formula is C11H8INO3. The van der Waals surface area contributed by atoms with Gasteiger partial charge in [0.25, 0.3) is 0 Å². The van der Waals surface area contributed by atoms with E-state index in [-0.39, 0.29) is 34.2 Å². The molecule has 1 aromatic rings. The lowest BCUT2D eigenvalue weighted by Crippen LogP contribution is -2.37. The fourth-order valence-corrected chi connectivity index (χ4v) is 2.58. The number of Topliss-reactive ketones (excluding diaryl/α,β-unsaturated/α-hetero) is 2. The molecule has 2 rings (SSSR count). The number of nitrogens with zero attached hydrogens (tertiary/aromatic N) is 1. The smallest absolute Gasteiger partial charge is 0.209 e. The summed E-state index contributed by atoms with van der Waals surface area (Å²) in [5.41, 5.74) is 0.585. The second-order valence-electron chi connectivity index (χ2n) is 3.36. The summed E-state index contributed by atoms with van der Waals surface area (Å²) < 4.78 is -0.615. The molecule has 1 aromatic carbocycles. The molecule has 16 heavy (non-hydrogen) atoms. The summed E-state index contributed by atoms with van der Waals surface area (Å²) in [7, 11) is 1.49. The highest BCUT2D eigenvalue weighted by molar-refractivity contribution is 14.1. The van der Waals surface area contributed by atoms with Crippen LogP contribution in [0, 0.1) is 0 Å². The van der Waals surface area contributed by atoms with E-state index in [2.05, 4.69) is 4.99 Å². The lowest BCUT2D eigenvalue weighted by molar-refractivity contribution is 0.0970. The lowest BCUT2D eigenvalue weighted by atomic mass is 9.87. The molecule has 0 aromatic heterocycles. The van der Waals surface area contributed by atoms with Crippen molar-refractivity contribution in [1.29, 1.82) is 0 Å². The van der Waals surface area contributed by atoms with Gasteiger partial charge in [-0.1, -0.05) is 28.7 Å². The third kappa shape index (κ3) is 1.46. The number of alkyl halides is 1. The molecule has 82 valence electrons. The summed E-state index contributed by atoms with van der Waals surface area (Å²) in [6.07, 6.45) is 0. The van der Waals surface area contributed by atoms with Crippen molar-refractivity contribution in [3.8, 4) is 5.75 Å². The van der Waals surface area contributed by atoms with Gasteiger partial charge in [-0.05, 0) is 12.1 Å². The molecule has 1 aliphatic carbocycles. The first-order chi connectivity index (χ1) is 7.57. The topological polar surface area (TPSA) is 66.7 Å². The second kappa shape index (κ2) is 3.97. The minimum Gasteiger partial charge on any atom is -0.507 e. The molecule has 4 nitrogen and oxygen atoms in total. The van der Waals surface area contributed by atoms with E-state index in [0.29, 0.717) is 0 Å². The normalized spacial score (nSPS) is 22.4. The Hall–Kier alpha value is -1.24. The predicted octanol–water partition coefficient (Wildman–Crippen LogP) is 1.65. The molecule has 0 bridgehead atoms.